The summed E-state index contributed by atoms with van der Waals surface area (Å²) in [7, 11) is 0. The number of aromatic nitrogens is 2. The summed E-state index contributed by atoms with van der Waals surface area (Å²) < 4.78 is 0. The predicted octanol–water partition coefficient (Wildman–Crippen LogP) is 2.16. The first kappa shape index (κ1) is 11.9. The Balaban J connectivity index is 1.87. The Morgan fingerprint density at radius 3 is 3.12 bits per heavy atom. The standard InChI is InChI=1S/C12H19N3S/c1-9-13-7-6-10(15-9)8-14-11-4-3-5-12(11)16-2/h6-7,11-12,14H,3-5,8H2,1-2H3. The van der Waals surface area contributed by atoms with Crippen LogP contribution in [0.5, 0.6) is 0 Å². The molecule has 16 heavy (non-hydrogen) atoms. The monoisotopic (exact) mass is 237 g/mol. The fraction of sp³-hybridized carbons (Fsp3) is 0.667. The molecular formula is C12H19N3S. The smallest absolute Gasteiger partial charge is 0.125 e. The highest BCUT2D eigenvalue weighted by Crippen LogP contribution is 2.28. The van der Waals surface area contributed by atoms with Crippen molar-refractivity contribution in [2.75, 3.05) is 6.26 Å². The van der Waals surface area contributed by atoms with Crippen LogP contribution in [0.25, 0.3) is 0 Å². The molecule has 2 unspecified atom stereocenters. The molecule has 0 spiro atoms. The third-order valence-electron chi connectivity index (χ3n) is 3.13. The van der Waals surface area contributed by atoms with Gasteiger partial charge < -0.3 is 5.32 Å². The lowest BCUT2D eigenvalue weighted by Crippen LogP contribution is -2.33. The van der Waals surface area contributed by atoms with E-state index in [1.54, 1.807) is 0 Å². The normalized spacial score (nSPS) is 24.9. The van der Waals surface area contributed by atoms with Gasteiger partial charge in [-0.3, -0.25) is 0 Å². The van der Waals surface area contributed by atoms with Crippen molar-refractivity contribution in [1.29, 1.82) is 0 Å². The van der Waals surface area contributed by atoms with Crippen molar-refractivity contribution >= 4 is 11.8 Å². The van der Waals surface area contributed by atoms with Crippen LogP contribution >= 0.6 is 11.8 Å². The zero-order valence-corrected chi connectivity index (χ0v) is 10.8. The molecule has 0 saturated heterocycles. The Hall–Kier alpha value is -0.610. The summed E-state index contributed by atoms with van der Waals surface area (Å²) >= 11 is 1.98. The second kappa shape index (κ2) is 5.64. The van der Waals surface area contributed by atoms with Gasteiger partial charge in [-0.15, -0.1) is 0 Å². The lowest BCUT2D eigenvalue weighted by molar-refractivity contribution is 0.526. The molecule has 88 valence electrons. The van der Waals surface area contributed by atoms with Crippen molar-refractivity contribution in [3.05, 3.63) is 23.8 Å². The Kier molecular flexibility index (Phi) is 4.18. The van der Waals surface area contributed by atoms with Crippen molar-refractivity contribution in [2.24, 2.45) is 0 Å². The van der Waals surface area contributed by atoms with E-state index in [1.165, 1.54) is 19.3 Å². The molecule has 1 fully saturated rings. The molecule has 4 heteroatoms. The summed E-state index contributed by atoms with van der Waals surface area (Å²) in [6, 6.07) is 2.65. The van der Waals surface area contributed by atoms with Crippen molar-refractivity contribution in [1.82, 2.24) is 15.3 Å². The molecule has 0 amide bonds. The number of thioether (sulfide) groups is 1. The summed E-state index contributed by atoms with van der Waals surface area (Å²) in [6.45, 7) is 2.80. The molecule has 2 rings (SSSR count). The van der Waals surface area contributed by atoms with Crippen molar-refractivity contribution in [2.45, 2.75) is 44.0 Å². The van der Waals surface area contributed by atoms with E-state index in [1.807, 2.05) is 30.9 Å². The number of nitrogens with one attached hydrogen (secondary N) is 1. The van der Waals surface area contributed by atoms with Crippen molar-refractivity contribution in [3.63, 3.8) is 0 Å². The van der Waals surface area contributed by atoms with Crippen LogP contribution in [0.2, 0.25) is 0 Å². The molecular weight excluding hydrogens is 218 g/mol. The maximum Gasteiger partial charge on any atom is 0.125 e. The largest absolute Gasteiger partial charge is 0.307 e. The van der Waals surface area contributed by atoms with E-state index in [-0.39, 0.29) is 0 Å². The minimum atomic E-state index is 0.658. The molecule has 2 atom stereocenters. The van der Waals surface area contributed by atoms with Crippen molar-refractivity contribution in [3.8, 4) is 0 Å². The summed E-state index contributed by atoms with van der Waals surface area (Å²) in [5.41, 5.74) is 1.10. The Morgan fingerprint density at radius 1 is 1.50 bits per heavy atom. The molecule has 1 N–H and O–H groups in total. The van der Waals surface area contributed by atoms with Gasteiger partial charge in [0.25, 0.3) is 0 Å². The van der Waals surface area contributed by atoms with E-state index in [9.17, 15) is 0 Å². The number of hydrogen-bond acceptors (Lipinski definition) is 4. The van der Waals surface area contributed by atoms with Gasteiger partial charge in [0.15, 0.2) is 0 Å². The van der Waals surface area contributed by atoms with E-state index in [0.29, 0.717) is 6.04 Å². The lowest BCUT2D eigenvalue weighted by atomic mass is 10.2. The first-order chi connectivity index (χ1) is 7.79. The highest BCUT2D eigenvalue weighted by molar-refractivity contribution is 7.99. The topological polar surface area (TPSA) is 37.8 Å². The van der Waals surface area contributed by atoms with Gasteiger partial charge in [-0.1, -0.05) is 6.42 Å². The van der Waals surface area contributed by atoms with E-state index >= 15 is 0 Å². The van der Waals surface area contributed by atoms with Crippen molar-refractivity contribution < 1.29 is 0 Å². The lowest BCUT2D eigenvalue weighted by Gasteiger charge is -2.18. The van der Waals surface area contributed by atoms with E-state index in [4.69, 9.17) is 0 Å². The SMILES string of the molecule is CSC1CCCC1NCc1ccnc(C)n1. The van der Waals surface area contributed by atoms with E-state index in [0.717, 1.165) is 23.3 Å². The van der Waals surface area contributed by atoms with Crippen LogP contribution in [0.1, 0.15) is 30.8 Å². The maximum atomic E-state index is 4.40. The third-order valence-corrected chi connectivity index (χ3v) is 4.30. The maximum absolute atomic E-state index is 4.40. The van der Waals surface area contributed by atoms with Crippen LogP contribution in [0, 0.1) is 6.92 Å². The highest BCUT2D eigenvalue weighted by atomic mass is 32.2. The molecule has 1 aromatic rings. The summed E-state index contributed by atoms with van der Waals surface area (Å²) in [5.74, 6) is 0.854. The first-order valence-corrected chi connectivity index (χ1v) is 7.13. The predicted molar refractivity (Wildman–Crippen MR) is 68.6 cm³/mol. The molecule has 1 saturated carbocycles. The molecule has 3 nitrogen and oxygen atoms in total. The minimum Gasteiger partial charge on any atom is -0.307 e. The van der Waals surface area contributed by atoms with Gasteiger partial charge >= 0.3 is 0 Å². The highest BCUT2D eigenvalue weighted by Gasteiger charge is 2.25. The van der Waals surface area contributed by atoms with Crippen LogP contribution in [0.3, 0.4) is 0 Å². The van der Waals surface area contributed by atoms with Crippen LogP contribution in [0.15, 0.2) is 12.3 Å². The number of rotatable bonds is 4. The average molecular weight is 237 g/mol. The molecule has 1 aliphatic carbocycles. The molecule has 1 heterocycles. The second-order valence-corrected chi connectivity index (χ2v) is 5.36. The van der Waals surface area contributed by atoms with Gasteiger partial charge in [-0.2, -0.15) is 11.8 Å². The van der Waals surface area contributed by atoms with Gasteiger partial charge in [0.2, 0.25) is 0 Å². The molecule has 0 aromatic carbocycles. The summed E-state index contributed by atoms with van der Waals surface area (Å²) in [5, 5.41) is 4.40. The fourth-order valence-electron chi connectivity index (χ4n) is 2.28. The van der Waals surface area contributed by atoms with Crippen LogP contribution in [0.4, 0.5) is 0 Å². The van der Waals surface area contributed by atoms with Gasteiger partial charge in [0.1, 0.15) is 5.82 Å². The fourth-order valence-corrected chi connectivity index (χ4v) is 3.24. The van der Waals surface area contributed by atoms with Gasteiger partial charge in [-0.05, 0) is 32.1 Å². The molecule has 0 bridgehead atoms. The third kappa shape index (κ3) is 2.95. The van der Waals surface area contributed by atoms with Gasteiger partial charge in [0, 0.05) is 24.0 Å². The Morgan fingerprint density at radius 2 is 2.38 bits per heavy atom. The molecule has 1 aliphatic rings. The quantitative estimate of drug-likeness (QED) is 0.871. The van der Waals surface area contributed by atoms with E-state index < -0.39 is 0 Å². The second-order valence-electron chi connectivity index (χ2n) is 4.29. The number of hydrogen-bond donors (Lipinski definition) is 1. The van der Waals surface area contributed by atoms with Crippen LogP contribution < -0.4 is 5.32 Å². The first-order valence-electron chi connectivity index (χ1n) is 5.84. The zero-order valence-electron chi connectivity index (χ0n) is 9.94. The molecule has 1 aromatic heterocycles. The van der Waals surface area contributed by atoms with Gasteiger partial charge in [0.05, 0.1) is 5.69 Å². The molecule has 0 radical (unpaired) electrons. The zero-order chi connectivity index (χ0) is 11.4. The minimum absolute atomic E-state index is 0.658. The Labute approximate surface area is 101 Å². The number of aryl methyl sites for hydroxylation is 1. The van der Waals surface area contributed by atoms with Crippen LogP contribution in [-0.4, -0.2) is 27.5 Å². The van der Waals surface area contributed by atoms with E-state index in [2.05, 4.69) is 21.5 Å². The average Bonchev–Trinajstić information content (AvgIpc) is 2.74. The van der Waals surface area contributed by atoms with Gasteiger partial charge in [-0.25, -0.2) is 9.97 Å². The summed E-state index contributed by atoms with van der Waals surface area (Å²) in [4.78, 5) is 8.51. The summed E-state index contributed by atoms with van der Waals surface area (Å²) in [6.07, 6.45) is 8.04. The van der Waals surface area contributed by atoms with Crippen LogP contribution in [-0.2, 0) is 6.54 Å². The molecule has 0 aliphatic heterocycles. The Bertz CT molecular complexity index is 343. The number of nitrogens with zero attached hydrogens (tertiary/aromatic N) is 2.